The molecule has 2 heterocycles. The third-order valence-electron chi connectivity index (χ3n) is 4.32. The number of rotatable bonds is 5. The van der Waals surface area contributed by atoms with Crippen molar-refractivity contribution >= 4 is 17.2 Å². The first-order valence-corrected chi connectivity index (χ1v) is 8.09. The Bertz CT molecular complexity index is 418. The Morgan fingerprint density at radius 1 is 1.42 bits per heavy atom. The van der Waals surface area contributed by atoms with Gasteiger partial charge in [0.05, 0.1) is 6.04 Å². The highest BCUT2D eigenvalue weighted by Gasteiger charge is 2.42. The molecule has 1 aromatic rings. The molecule has 1 fully saturated rings. The van der Waals surface area contributed by atoms with Crippen LogP contribution in [0.3, 0.4) is 0 Å². The van der Waals surface area contributed by atoms with E-state index in [1.807, 2.05) is 0 Å². The summed E-state index contributed by atoms with van der Waals surface area (Å²) in [4.78, 5) is 15.9. The number of thiophene rings is 1. The quantitative estimate of drug-likeness (QED) is 0.896. The molecule has 1 saturated heterocycles. The van der Waals surface area contributed by atoms with Crippen molar-refractivity contribution in [2.24, 2.45) is 5.92 Å². The minimum atomic E-state index is -0.0291. The number of hydrogen-bond donors (Lipinski definition) is 1. The lowest BCUT2D eigenvalue weighted by Gasteiger charge is -2.33. The van der Waals surface area contributed by atoms with Gasteiger partial charge in [-0.3, -0.25) is 10.1 Å². The van der Waals surface area contributed by atoms with Crippen molar-refractivity contribution in [3.05, 3.63) is 22.4 Å². The van der Waals surface area contributed by atoms with Crippen molar-refractivity contribution in [3.63, 3.8) is 0 Å². The Hall–Kier alpha value is -0.870. The van der Waals surface area contributed by atoms with E-state index in [0.29, 0.717) is 5.92 Å². The number of nitrogens with zero attached hydrogens (tertiary/aromatic N) is 1. The zero-order valence-electron chi connectivity index (χ0n) is 12.2. The second-order valence-corrected chi connectivity index (χ2v) is 6.40. The number of hydrogen-bond acceptors (Lipinski definition) is 3. The van der Waals surface area contributed by atoms with Crippen LogP contribution in [0.5, 0.6) is 0 Å². The molecular formula is C15H24N2OS. The van der Waals surface area contributed by atoms with Gasteiger partial charge in [-0.15, -0.1) is 11.3 Å². The number of amides is 1. The molecule has 4 atom stereocenters. The van der Waals surface area contributed by atoms with Gasteiger partial charge in [-0.2, -0.15) is 0 Å². The van der Waals surface area contributed by atoms with E-state index in [1.165, 1.54) is 4.88 Å². The van der Waals surface area contributed by atoms with E-state index >= 15 is 0 Å². The van der Waals surface area contributed by atoms with E-state index in [-0.39, 0.29) is 24.2 Å². The lowest BCUT2D eigenvalue weighted by molar-refractivity contribution is -0.133. The maximum atomic E-state index is 12.6. The first-order valence-electron chi connectivity index (χ1n) is 7.21. The van der Waals surface area contributed by atoms with Crippen LogP contribution in [0, 0.1) is 5.92 Å². The van der Waals surface area contributed by atoms with Gasteiger partial charge >= 0.3 is 0 Å². The zero-order chi connectivity index (χ0) is 14.0. The lowest BCUT2D eigenvalue weighted by Crippen LogP contribution is -2.41. The molecule has 4 heteroatoms. The normalized spacial score (nSPS) is 26.7. The highest BCUT2D eigenvalue weighted by molar-refractivity contribution is 7.10. The number of carbonyl (C=O) groups is 1. The fraction of sp³-hybridized carbons (Fsp3) is 0.667. The Kier molecular flexibility index (Phi) is 4.63. The molecule has 0 aliphatic carbocycles. The van der Waals surface area contributed by atoms with Crippen LogP contribution in [0.1, 0.15) is 51.6 Å². The fourth-order valence-electron chi connectivity index (χ4n) is 2.66. The highest BCUT2D eigenvalue weighted by Crippen LogP contribution is 2.33. The van der Waals surface area contributed by atoms with Gasteiger partial charge in [-0.1, -0.05) is 33.3 Å². The Labute approximate surface area is 120 Å². The van der Waals surface area contributed by atoms with Crippen molar-refractivity contribution in [3.8, 4) is 0 Å². The molecule has 1 aliphatic rings. The molecule has 0 spiro atoms. The van der Waals surface area contributed by atoms with E-state index < -0.39 is 0 Å². The van der Waals surface area contributed by atoms with Crippen molar-refractivity contribution < 1.29 is 4.79 Å². The summed E-state index contributed by atoms with van der Waals surface area (Å²) >= 11 is 1.72. The second-order valence-electron chi connectivity index (χ2n) is 5.42. The summed E-state index contributed by atoms with van der Waals surface area (Å²) in [6.07, 6.45) is 2.00. The average molecular weight is 280 g/mol. The predicted octanol–water partition coefficient (Wildman–Crippen LogP) is 3.39. The van der Waals surface area contributed by atoms with Gasteiger partial charge in [-0.05, 0) is 30.7 Å². The molecule has 0 saturated carbocycles. The lowest BCUT2D eigenvalue weighted by atomic mass is 9.98. The van der Waals surface area contributed by atoms with Gasteiger partial charge in [0.25, 0.3) is 0 Å². The number of carbonyl (C=O) groups excluding carboxylic acids is 1. The van der Waals surface area contributed by atoms with Crippen LogP contribution in [-0.2, 0) is 4.79 Å². The average Bonchev–Trinajstić information content (AvgIpc) is 3.04. The zero-order valence-corrected chi connectivity index (χ0v) is 13.0. The second kappa shape index (κ2) is 6.06. The van der Waals surface area contributed by atoms with E-state index in [0.717, 1.165) is 12.8 Å². The maximum Gasteiger partial charge on any atom is 0.241 e. The molecule has 2 rings (SSSR count). The topological polar surface area (TPSA) is 32.3 Å². The molecule has 0 aromatic carbocycles. The van der Waals surface area contributed by atoms with Gasteiger partial charge in [0.15, 0.2) is 0 Å². The third-order valence-corrected chi connectivity index (χ3v) is 5.24. The SMILES string of the molecule is CCC1NC(c2cccs2)N(C(C)C(C)CC)C1=O. The molecule has 1 amide bonds. The molecule has 106 valence electrons. The minimum absolute atomic E-state index is 0.0291. The van der Waals surface area contributed by atoms with Gasteiger partial charge in [-0.25, -0.2) is 0 Å². The molecular weight excluding hydrogens is 256 g/mol. The molecule has 19 heavy (non-hydrogen) atoms. The molecule has 0 radical (unpaired) electrons. The number of nitrogens with one attached hydrogen (secondary N) is 1. The van der Waals surface area contributed by atoms with Crippen LogP contribution in [-0.4, -0.2) is 22.9 Å². The Balaban J connectivity index is 2.27. The summed E-state index contributed by atoms with van der Waals surface area (Å²) in [5.74, 6) is 0.775. The van der Waals surface area contributed by atoms with E-state index in [2.05, 4.69) is 55.4 Å². The van der Waals surface area contributed by atoms with Gasteiger partial charge in [0, 0.05) is 10.9 Å². The predicted molar refractivity (Wildman–Crippen MR) is 80.0 cm³/mol. The van der Waals surface area contributed by atoms with Crippen LogP contribution < -0.4 is 5.32 Å². The first-order chi connectivity index (χ1) is 9.10. The molecule has 0 bridgehead atoms. The molecule has 1 aromatic heterocycles. The van der Waals surface area contributed by atoms with Gasteiger partial charge < -0.3 is 4.90 Å². The Morgan fingerprint density at radius 3 is 2.68 bits per heavy atom. The third kappa shape index (κ3) is 2.70. The highest BCUT2D eigenvalue weighted by atomic mass is 32.1. The summed E-state index contributed by atoms with van der Waals surface area (Å²) in [5.41, 5.74) is 0. The molecule has 1 aliphatic heterocycles. The van der Waals surface area contributed by atoms with Crippen LogP contribution in [0.15, 0.2) is 17.5 Å². The van der Waals surface area contributed by atoms with Crippen LogP contribution in [0.2, 0.25) is 0 Å². The maximum absolute atomic E-state index is 12.6. The first kappa shape index (κ1) is 14.5. The Morgan fingerprint density at radius 2 is 2.16 bits per heavy atom. The van der Waals surface area contributed by atoms with E-state index in [9.17, 15) is 4.79 Å². The van der Waals surface area contributed by atoms with Gasteiger partial charge in [0.2, 0.25) is 5.91 Å². The summed E-state index contributed by atoms with van der Waals surface area (Å²) in [6, 6.07) is 4.41. The fourth-order valence-corrected chi connectivity index (χ4v) is 3.44. The van der Waals surface area contributed by atoms with Crippen LogP contribution >= 0.6 is 11.3 Å². The smallest absolute Gasteiger partial charge is 0.241 e. The van der Waals surface area contributed by atoms with Crippen LogP contribution in [0.4, 0.5) is 0 Å². The van der Waals surface area contributed by atoms with Crippen molar-refractivity contribution in [1.29, 1.82) is 0 Å². The monoisotopic (exact) mass is 280 g/mol. The van der Waals surface area contributed by atoms with Crippen molar-refractivity contribution in [2.75, 3.05) is 0 Å². The van der Waals surface area contributed by atoms with E-state index in [4.69, 9.17) is 0 Å². The van der Waals surface area contributed by atoms with Crippen molar-refractivity contribution in [2.45, 2.75) is 58.8 Å². The standard InChI is InChI=1S/C15H24N2OS/c1-5-10(3)11(4)17-14(13-8-7-9-19-13)16-12(6-2)15(17)18/h7-12,14,16H,5-6H2,1-4H3. The largest absolute Gasteiger partial charge is 0.318 e. The molecule has 3 nitrogen and oxygen atoms in total. The van der Waals surface area contributed by atoms with E-state index in [1.54, 1.807) is 11.3 Å². The summed E-state index contributed by atoms with van der Waals surface area (Å²) in [6.45, 7) is 8.65. The van der Waals surface area contributed by atoms with Gasteiger partial charge in [0.1, 0.15) is 6.17 Å². The summed E-state index contributed by atoms with van der Waals surface area (Å²) in [5, 5.41) is 5.57. The van der Waals surface area contributed by atoms with Crippen molar-refractivity contribution in [1.82, 2.24) is 10.2 Å². The molecule has 1 N–H and O–H groups in total. The summed E-state index contributed by atoms with van der Waals surface area (Å²) in [7, 11) is 0. The van der Waals surface area contributed by atoms with Crippen LogP contribution in [0.25, 0.3) is 0 Å². The summed E-state index contributed by atoms with van der Waals surface area (Å²) < 4.78 is 0. The molecule has 4 unspecified atom stereocenters. The minimum Gasteiger partial charge on any atom is -0.318 e.